The van der Waals surface area contributed by atoms with Gasteiger partial charge in [0.05, 0.1) is 35.2 Å². The van der Waals surface area contributed by atoms with Crippen molar-refractivity contribution in [2.24, 2.45) is 53.3 Å². The van der Waals surface area contributed by atoms with Crippen LogP contribution >= 0.6 is 23.2 Å². The zero-order valence-corrected chi connectivity index (χ0v) is 41.8. The van der Waals surface area contributed by atoms with Gasteiger partial charge < -0.3 is 35.2 Å². The summed E-state index contributed by atoms with van der Waals surface area (Å²) in [4.78, 5) is 84.2. The molecule has 3 saturated carbocycles. The number of fused-ring (bicyclic) bond motifs is 9. The number of imide groups is 1. The van der Waals surface area contributed by atoms with Crippen molar-refractivity contribution in [3.63, 3.8) is 0 Å². The molecule has 6 aliphatic carbocycles. The molecule has 12 unspecified atom stereocenters. The highest BCUT2D eigenvalue weighted by atomic mass is 35.5. The van der Waals surface area contributed by atoms with Crippen molar-refractivity contribution in [1.82, 2.24) is 30.7 Å². The molecule has 0 radical (unpaired) electrons. The number of nitrogens with one attached hydrogen (secondary N) is 3. The highest BCUT2D eigenvalue weighted by Gasteiger charge is 2.63. The number of amides is 6. The summed E-state index contributed by atoms with van der Waals surface area (Å²) >= 11 is 9.53. The van der Waals surface area contributed by atoms with E-state index in [9.17, 15) is 55.1 Å². The number of hydrogen-bond acceptors (Lipinski definition) is 10. The molecule has 7 rings (SSSR count). The number of nitrogens with zero attached hydrogens (tertiary/aromatic N) is 3. The van der Waals surface area contributed by atoms with E-state index in [1.165, 1.54) is 9.80 Å². The molecule has 4 fully saturated rings. The quantitative estimate of drug-likeness (QED) is 0.0902. The number of likely N-dealkylation sites (tertiary alicyclic amines) is 1. The molecule has 386 valence electrons. The van der Waals surface area contributed by atoms with Crippen molar-refractivity contribution in [3.05, 3.63) is 36.5 Å². The third-order valence-electron chi connectivity index (χ3n) is 11.6. The third-order valence-corrected chi connectivity index (χ3v) is 11.6. The number of halogens is 8. The van der Waals surface area contributed by atoms with Crippen molar-refractivity contribution >= 4 is 65.3 Å². The summed E-state index contributed by atoms with van der Waals surface area (Å²) in [6.45, 7) is 10.9. The maximum Gasteiger partial charge on any atom is 0.471 e. The lowest BCUT2D eigenvalue weighted by Gasteiger charge is -2.46. The zero-order chi connectivity index (χ0) is 52.4. The van der Waals surface area contributed by atoms with Gasteiger partial charge in [-0.3, -0.25) is 24.0 Å². The lowest BCUT2D eigenvalue weighted by molar-refractivity contribution is -0.175. The number of alkyl carbamates (subject to hydrolysis) is 1. The predicted octanol–water partition coefficient (Wildman–Crippen LogP) is 6.69. The molecule has 3 N–H and O–H groups in total. The maximum atomic E-state index is 12.3. The Morgan fingerprint density at radius 1 is 0.676 bits per heavy atom. The topological polar surface area (TPSA) is 184 Å². The molecule has 23 heteroatoms. The van der Waals surface area contributed by atoms with Crippen LogP contribution in [0.4, 0.5) is 35.9 Å². The fourth-order valence-electron chi connectivity index (χ4n) is 9.21. The van der Waals surface area contributed by atoms with Crippen LogP contribution in [-0.2, 0) is 33.4 Å². The van der Waals surface area contributed by atoms with Crippen LogP contribution in [-0.4, -0.2) is 146 Å². The minimum Gasteiger partial charge on any atom is -0.444 e. The summed E-state index contributed by atoms with van der Waals surface area (Å²) in [5.41, 5.74) is -1.07. The predicted molar refractivity (Wildman–Crippen MR) is 242 cm³/mol. The van der Waals surface area contributed by atoms with Crippen molar-refractivity contribution < 1.29 is 69.4 Å². The highest BCUT2D eigenvalue weighted by Crippen LogP contribution is 2.53. The molecular formula is C45H66Cl2F6N6O9. The van der Waals surface area contributed by atoms with Gasteiger partial charge in [0.15, 0.2) is 0 Å². The molecule has 1 heterocycles. The molecule has 0 aromatic heterocycles. The molecule has 1 saturated heterocycles. The highest BCUT2D eigenvalue weighted by molar-refractivity contribution is 6.40. The Morgan fingerprint density at radius 2 is 1.03 bits per heavy atom. The van der Waals surface area contributed by atoms with Crippen molar-refractivity contribution in [3.8, 4) is 0 Å². The number of ether oxygens (including phenoxy) is 2. The SMILES string of the molecule is CC(C)(C)OC(=O)N1C(=O)C2C3C=CC(C3)C21.CN(C)C(=O)C1C2C=CC(C2)C1NC(=O)C(F)(F)F.CN(C)C(=O)C1C2C=CC(C2)C1NC(=O)OC(C)(C)C.CNC.ClCCl.O=CC(F)(F)F. The number of β-lactam (4-membered cyclic amide) rings is 1. The first-order chi connectivity index (χ1) is 31.2. The van der Waals surface area contributed by atoms with Crippen molar-refractivity contribution in [1.29, 1.82) is 0 Å². The molecule has 0 aromatic rings. The summed E-state index contributed by atoms with van der Waals surface area (Å²) in [7, 11) is 10.4. The second-order valence-corrected chi connectivity index (χ2v) is 20.3. The first kappa shape index (κ1) is 59.8. The smallest absolute Gasteiger partial charge is 0.444 e. The Balaban J connectivity index is 0.000000313. The van der Waals surface area contributed by atoms with Crippen LogP contribution in [0.25, 0.3) is 0 Å². The summed E-state index contributed by atoms with van der Waals surface area (Å²) in [6.07, 6.45) is 3.12. The van der Waals surface area contributed by atoms with Gasteiger partial charge in [0, 0.05) is 34.2 Å². The van der Waals surface area contributed by atoms with Crippen LogP contribution in [0.2, 0.25) is 0 Å². The van der Waals surface area contributed by atoms with Gasteiger partial charge in [-0.05, 0) is 110 Å². The van der Waals surface area contributed by atoms with Gasteiger partial charge in [0.2, 0.25) is 24.0 Å². The fraction of sp³-hybridized carbons (Fsp3) is 0.711. The van der Waals surface area contributed by atoms with Crippen LogP contribution in [0.5, 0.6) is 0 Å². The van der Waals surface area contributed by atoms with E-state index in [1.807, 2.05) is 67.0 Å². The average Bonchev–Trinajstić information content (AvgIpc) is 4.06. The summed E-state index contributed by atoms with van der Waals surface area (Å²) in [5.74, 6) is -2.03. The molecule has 0 spiro atoms. The Kier molecular flexibility index (Phi) is 21.5. The number of hydrogen-bond donors (Lipinski definition) is 3. The normalized spacial score (nSPS) is 29.3. The molecule has 6 amide bonds. The average molecular weight is 1020 g/mol. The molecule has 68 heavy (non-hydrogen) atoms. The second-order valence-electron chi connectivity index (χ2n) is 19.5. The van der Waals surface area contributed by atoms with Gasteiger partial charge in [0.25, 0.3) is 0 Å². The lowest BCUT2D eigenvalue weighted by Crippen LogP contribution is -2.65. The van der Waals surface area contributed by atoms with E-state index in [0.29, 0.717) is 18.3 Å². The second kappa shape index (κ2) is 24.5. The van der Waals surface area contributed by atoms with Gasteiger partial charge >= 0.3 is 30.4 Å². The van der Waals surface area contributed by atoms with E-state index < -0.39 is 59.9 Å². The van der Waals surface area contributed by atoms with Crippen LogP contribution in [0.15, 0.2) is 36.5 Å². The molecule has 15 nitrogen and oxygen atoms in total. The van der Waals surface area contributed by atoms with Crippen LogP contribution in [0.1, 0.15) is 60.8 Å². The van der Waals surface area contributed by atoms with E-state index in [0.717, 1.165) is 12.8 Å². The van der Waals surface area contributed by atoms with E-state index in [4.69, 9.17) is 37.5 Å². The molecule has 1 aliphatic heterocycles. The number of carbonyl (C=O) groups excluding carboxylic acids is 7. The number of alkyl halides is 8. The van der Waals surface area contributed by atoms with Gasteiger partial charge in [-0.15, -0.1) is 23.2 Å². The lowest BCUT2D eigenvalue weighted by atomic mass is 9.80. The minimum atomic E-state index is -4.92. The number of allylic oxidation sites excluding steroid dienone is 3. The first-order valence-corrected chi connectivity index (χ1v) is 22.9. The minimum absolute atomic E-state index is 0.0394. The Hall–Kier alpha value is -4.37. The first-order valence-electron chi connectivity index (χ1n) is 21.8. The summed E-state index contributed by atoms with van der Waals surface area (Å²) in [5, 5.41) is 7.81. The van der Waals surface area contributed by atoms with E-state index in [2.05, 4.69) is 34.9 Å². The van der Waals surface area contributed by atoms with Crippen molar-refractivity contribution in [2.75, 3.05) is 47.6 Å². The Labute approximate surface area is 404 Å². The maximum absolute atomic E-state index is 12.3. The number of carbonyl (C=O) groups is 7. The van der Waals surface area contributed by atoms with E-state index in [-0.39, 0.29) is 70.7 Å². The standard InChI is InChI=1S/C15H24N2O3.C13H17NO3.C12H15F3N2O2.C2HF3O.C2H7N.CH2Cl2/c1-15(2,3)20-14(19)16-12-10-7-6-9(8-10)11(12)13(18)17(4)5;1-13(2,3)17-12(16)14-10-8-5-4-7(6-8)9(10)11(14)15;1-17(2)10(18)8-6-3-4-7(5-6)9(8)16-11(19)12(13,14)15;3-2(4,5)1-6;1-3-2;2-1-3/h6-7,9-12H,8H2,1-5H3,(H,16,19);4-5,7-10H,6H2,1-3H3;3-4,6-9H,5H2,1-2H3,(H,16,19);1H;3H,1-2H3;1H2. The van der Waals surface area contributed by atoms with E-state index >= 15 is 0 Å². The van der Waals surface area contributed by atoms with Crippen LogP contribution in [0, 0.1) is 53.3 Å². The van der Waals surface area contributed by atoms with Gasteiger partial charge in [-0.1, -0.05) is 36.5 Å². The monoisotopic (exact) mass is 1020 g/mol. The zero-order valence-electron chi connectivity index (χ0n) is 40.3. The largest absolute Gasteiger partial charge is 0.471 e. The third kappa shape index (κ3) is 16.4. The Bertz CT molecular complexity index is 1880. The molecule has 12 atom stereocenters. The number of aldehydes is 1. The molecule has 0 aromatic carbocycles. The summed E-state index contributed by atoms with van der Waals surface area (Å²) in [6, 6.07) is -0.860. The molecular weight excluding hydrogens is 953 g/mol. The van der Waals surface area contributed by atoms with Crippen LogP contribution < -0.4 is 16.0 Å². The number of rotatable bonds is 4. The molecule has 7 aliphatic rings. The summed E-state index contributed by atoms with van der Waals surface area (Å²) < 4.78 is 78.7. The van der Waals surface area contributed by atoms with Gasteiger partial charge in [0.1, 0.15) is 11.2 Å². The van der Waals surface area contributed by atoms with Crippen molar-refractivity contribution in [2.45, 2.75) is 102 Å². The molecule has 6 bridgehead atoms. The fourth-order valence-corrected chi connectivity index (χ4v) is 9.21. The van der Waals surface area contributed by atoms with Crippen LogP contribution in [0.3, 0.4) is 0 Å². The van der Waals surface area contributed by atoms with E-state index in [1.54, 1.807) is 39.2 Å². The van der Waals surface area contributed by atoms with Gasteiger partial charge in [-0.2, -0.15) is 26.3 Å². The Morgan fingerprint density at radius 3 is 1.40 bits per heavy atom. The van der Waals surface area contributed by atoms with Gasteiger partial charge in [-0.25, -0.2) is 14.5 Å².